The van der Waals surface area contributed by atoms with E-state index >= 15 is 0 Å². The van der Waals surface area contributed by atoms with Gasteiger partial charge in [0.05, 0.1) is 14.7 Å². The van der Waals surface area contributed by atoms with Crippen molar-refractivity contribution in [2.45, 2.75) is 26.3 Å². The van der Waals surface area contributed by atoms with Crippen LogP contribution in [0.5, 0.6) is 0 Å². The first-order valence-corrected chi connectivity index (χ1v) is 7.75. The Morgan fingerprint density at radius 1 is 1.45 bits per heavy atom. The number of hydrogen-bond acceptors (Lipinski definition) is 4. The molecule has 1 aromatic heterocycles. The van der Waals surface area contributed by atoms with Gasteiger partial charge in [-0.25, -0.2) is 0 Å². The van der Waals surface area contributed by atoms with Crippen LogP contribution >= 0.6 is 27.3 Å². The monoisotopic (exact) mass is 357 g/mol. The minimum atomic E-state index is -0.628. The number of nitrogens with zero attached hydrogens (tertiary/aromatic N) is 1. The van der Waals surface area contributed by atoms with Gasteiger partial charge in [0, 0.05) is 0 Å². The number of halogens is 1. The number of hydrogen-bond donors (Lipinski definition) is 2. The van der Waals surface area contributed by atoms with Crippen LogP contribution in [0.1, 0.15) is 29.9 Å². The van der Waals surface area contributed by atoms with Gasteiger partial charge in [-0.2, -0.15) is 5.26 Å². The molecular formula is C13H16BrN3O2S. The van der Waals surface area contributed by atoms with Crippen LogP contribution in [0.2, 0.25) is 0 Å². The Hall–Kier alpha value is -1.39. The molecule has 0 saturated heterocycles. The van der Waals surface area contributed by atoms with Gasteiger partial charge in [0.2, 0.25) is 5.91 Å². The molecule has 0 fully saturated rings. The molecule has 0 aliphatic rings. The first kappa shape index (κ1) is 16.7. The maximum Gasteiger partial charge on any atom is 0.262 e. The number of amides is 2. The third kappa shape index (κ3) is 5.31. The fourth-order valence-corrected chi connectivity index (χ4v) is 2.91. The van der Waals surface area contributed by atoms with Crippen LogP contribution in [0.4, 0.5) is 0 Å². The van der Waals surface area contributed by atoms with E-state index in [9.17, 15) is 9.59 Å². The van der Waals surface area contributed by atoms with E-state index in [-0.39, 0.29) is 24.3 Å². The largest absolute Gasteiger partial charge is 0.341 e. The highest BCUT2D eigenvalue weighted by Crippen LogP contribution is 2.22. The molecule has 0 aliphatic carbocycles. The van der Waals surface area contributed by atoms with Crippen molar-refractivity contribution in [2.24, 2.45) is 5.92 Å². The molecule has 0 unspecified atom stereocenters. The molecule has 0 aliphatic heterocycles. The van der Waals surface area contributed by atoms with Crippen LogP contribution in [-0.2, 0) is 4.79 Å². The van der Waals surface area contributed by atoms with Crippen molar-refractivity contribution in [1.29, 1.82) is 5.26 Å². The van der Waals surface area contributed by atoms with Crippen LogP contribution < -0.4 is 10.6 Å². The third-order valence-corrected chi connectivity index (χ3v) is 4.09. The maximum absolute atomic E-state index is 12.1. The lowest BCUT2D eigenvalue weighted by molar-refractivity contribution is -0.123. The second-order valence-corrected chi connectivity index (χ2v) is 7.10. The Bertz CT molecular complexity index is 522. The van der Waals surface area contributed by atoms with E-state index in [0.29, 0.717) is 11.3 Å². The fraction of sp³-hybridized carbons (Fsp3) is 0.462. The predicted molar refractivity (Wildman–Crippen MR) is 81.4 cm³/mol. The number of rotatable bonds is 6. The Labute approximate surface area is 130 Å². The quantitative estimate of drug-likeness (QED) is 0.766. The summed E-state index contributed by atoms with van der Waals surface area (Å²) in [6.45, 7) is 3.88. The molecule has 5 nitrogen and oxygen atoms in total. The Morgan fingerprint density at radius 3 is 2.65 bits per heavy atom. The zero-order chi connectivity index (χ0) is 15.1. The molecule has 2 amide bonds. The SMILES string of the molecule is CC(C)C[C@H](NC(=O)c1ccc(Br)s1)C(=O)NCC#N. The predicted octanol–water partition coefficient (Wildman–Crippen LogP) is 2.29. The lowest BCUT2D eigenvalue weighted by Gasteiger charge is -2.19. The van der Waals surface area contributed by atoms with Crippen molar-refractivity contribution in [3.63, 3.8) is 0 Å². The summed E-state index contributed by atoms with van der Waals surface area (Å²) in [5.41, 5.74) is 0. The van der Waals surface area contributed by atoms with Gasteiger partial charge in [0.25, 0.3) is 5.91 Å². The fourth-order valence-electron chi connectivity index (χ4n) is 1.62. The van der Waals surface area contributed by atoms with Crippen molar-refractivity contribution < 1.29 is 9.59 Å². The molecule has 0 aromatic carbocycles. The summed E-state index contributed by atoms with van der Waals surface area (Å²) >= 11 is 4.60. The van der Waals surface area contributed by atoms with Crippen molar-refractivity contribution in [3.05, 3.63) is 20.8 Å². The van der Waals surface area contributed by atoms with Crippen molar-refractivity contribution >= 4 is 39.1 Å². The van der Waals surface area contributed by atoms with Gasteiger partial charge in [-0.3, -0.25) is 9.59 Å². The molecule has 0 radical (unpaired) electrons. The number of carbonyl (C=O) groups excluding carboxylic acids is 2. The van der Waals surface area contributed by atoms with E-state index in [1.807, 2.05) is 19.9 Å². The van der Waals surface area contributed by atoms with Gasteiger partial charge in [-0.1, -0.05) is 13.8 Å². The Morgan fingerprint density at radius 2 is 2.15 bits per heavy atom. The standard InChI is InChI=1S/C13H16BrN3O2S/c1-8(2)7-9(12(18)16-6-5-15)17-13(19)10-3-4-11(14)20-10/h3-4,8-9H,6-7H2,1-2H3,(H,16,18)(H,17,19)/t9-/m0/s1. The second kappa shape index (κ2) is 8.02. The molecule has 2 N–H and O–H groups in total. The van der Waals surface area contributed by atoms with Crippen LogP contribution in [0.3, 0.4) is 0 Å². The normalized spacial score (nSPS) is 11.8. The van der Waals surface area contributed by atoms with E-state index in [0.717, 1.165) is 3.79 Å². The zero-order valence-corrected chi connectivity index (χ0v) is 13.7. The highest BCUT2D eigenvalue weighted by Gasteiger charge is 2.22. The minimum Gasteiger partial charge on any atom is -0.341 e. The van der Waals surface area contributed by atoms with Gasteiger partial charge in [-0.15, -0.1) is 11.3 Å². The summed E-state index contributed by atoms with van der Waals surface area (Å²) in [6, 6.07) is 4.70. The summed E-state index contributed by atoms with van der Waals surface area (Å²) in [5, 5.41) is 13.7. The Kier molecular flexibility index (Phi) is 6.68. The highest BCUT2D eigenvalue weighted by molar-refractivity contribution is 9.11. The minimum absolute atomic E-state index is 0.0617. The lowest BCUT2D eigenvalue weighted by atomic mass is 10.0. The van der Waals surface area contributed by atoms with Crippen molar-refractivity contribution in [3.8, 4) is 6.07 Å². The van der Waals surface area contributed by atoms with Crippen LogP contribution in [0, 0.1) is 17.2 Å². The zero-order valence-electron chi connectivity index (χ0n) is 11.3. The van der Waals surface area contributed by atoms with Crippen molar-refractivity contribution in [1.82, 2.24) is 10.6 Å². The van der Waals surface area contributed by atoms with Gasteiger partial charge in [0.1, 0.15) is 12.6 Å². The molecule has 20 heavy (non-hydrogen) atoms. The first-order chi connectivity index (χ1) is 9.43. The molecule has 0 saturated carbocycles. The highest BCUT2D eigenvalue weighted by atomic mass is 79.9. The van der Waals surface area contributed by atoms with Crippen LogP contribution in [0.15, 0.2) is 15.9 Å². The van der Waals surface area contributed by atoms with E-state index in [1.54, 1.807) is 12.1 Å². The van der Waals surface area contributed by atoms with E-state index in [1.165, 1.54) is 11.3 Å². The second-order valence-electron chi connectivity index (χ2n) is 4.64. The maximum atomic E-state index is 12.1. The van der Waals surface area contributed by atoms with Crippen molar-refractivity contribution in [2.75, 3.05) is 6.54 Å². The third-order valence-electron chi connectivity index (χ3n) is 2.47. The number of thiophene rings is 1. The first-order valence-electron chi connectivity index (χ1n) is 6.15. The summed E-state index contributed by atoms with van der Waals surface area (Å²) in [7, 11) is 0. The molecule has 1 atom stereocenters. The molecule has 1 rings (SSSR count). The average Bonchev–Trinajstić information content (AvgIpc) is 2.81. The average molecular weight is 358 g/mol. The van der Waals surface area contributed by atoms with Crippen LogP contribution in [0.25, 0.3) is 0 Å². The summed E-state index contributed by atoms with van der Waals surface area (Å²) < 4.78 is 0.858. The smallest absolute Gasteiger partial charge is 0.262 e. The summed E-state index contributed by atoms with van der Waals surface area (Å²) in [6.07, 6.45) is 0.523. The molecular weight excluding hydrogens is 342 g/mol. The van der Waals surface area contributed by atoms with Gasteiger partial charge in [-0.05, 0) is 40.4 Å². The molecule has 108 valence electrons. The molecule has 0 spiro atoms. The topological polar surface area (TPSA) is 82.0 Å². The number of nitrogens with one attached hydrogen (secondary N) is 2. The number of carbonyl (C=O) groups is 2. The van der Waals surface area contributed by atoms with Crippen LogP contribution in [-0.4, -0.2) is 24.4 Å². The summed E-state index contributed by atoms with van der Waals surface area (Å²) in [5.74, 6) is -0.356. The summed E-state index contributed by atoms with van der Waals surface area (Å²) in [4.78, 5) is 24.5. The molecule has 0 bridgehead atoms. The molecule has 1 heterocycles. The van der Waals surface area contributed by atoms with Gasteiger partial charge < -0.3 is 10.6 Å². The van der Waals surface area contributed by atoms with Gasteiger partial charge in [0.15, 0.2) is 0 Å². The van der Waals surface area contributed by atoms with E-state index in [4.69, 9.17) is 5.26 Å². The van der Waals surface area contributed by atoms with Gasteiger partial charge >= 0.3 is 0 Å². The molecule has 7 heteroatoms. The number of nitriles is 1. The van der Waals surface area contributed by atoms with E-state index in [2.05, 4.69) is 26.6 Å². The molecule has 1 aromatic rings. The Balaban J connectivity index is 2.71. The van der Waals surface area contributed by atoms with E-state index < -0.39 is 6.04 Å². The lowest BCUT2D eigenvalue weighted by Crippen LogP contribution is -2.47.